The summed E-state index contributed by atoms with van der Waals surface area (Å²) >= 11 is 0. The van der Waals surface area contributed by atoms with E-state index in [0.717, 1.165) is 12.1 Å². The molecule has 0 unspecified atom stereocenters. The molecule has 1 aromatic heterocycles. The van der Waals surface area contributed by atoms with Crippen molar-refractivity contribution in [2.45, 2.75) is 12.7 Å². The monoisotopic (exact) mass is 338 g/mol. The average molecular weight is 338 g/mol. The van der Waals surface area contributed by atoms with Crippen LogP contribution in [0.5, 0.6) is 0 Å². The molecule has 5 nitrogen and oxygen atoms in total. The summed E-state index contributed by atoms with van der Waals surface area (Å²) in [6.45, 7) is 1.04. The minimum atomic E-state index is -4.36. The Bertz CT molecular complexity index is 645. The van der Waals surface area contributed by atoms with Gasteiger partial charge in [0.05, 0.1) is 5.56 Å². The number of carbonyl (C=O) groups is 1. The number of hydrogen-bond donors (Lipinski definition) is 3. The van der Waals surface area contributed by atoms with Crippen molar-refractivity contribution in [3.8, 4) is 0 Å². The topological polar surface area (TPSA) is 66.0 Å². The van der Waals surface area contributed by atoms with Crippen LogP contribution in [0.1, 0.15) is 11.1 Å². The first-order valence-corrected chi connectivity index (χ1v) is 7.28. The molecule has 0 atom stereocenters. The second-order valence-electron chi connectivity index (χ2n) is 4.95. The summed E-state index contributed by atoms with van der Waals surface area (Å²) in [6.07, 6.45) is -2.70. The summed E-state index contributed by atoms with van der Waals surface area (Å²) in [6, 6.07) is 9.73. The van der Waals surface area contributed by atoms with E-state index in [1.165, 1.54) is 12.1 Å². The zero-order valence-electron chi connectivity index (χ0n) is 12.7. The number of nitrogens with zero attached hydrogens (tertiary/aromatic N) is 1. The first kappa shape index (κ1) is 17.6. The van der Waals surface area contributed by atoms with Crippen LogP contribution in [0.4, 0.5) is 23.8 Å². The van der Waals surface area contributed by atoms with Crippen molar-refractivity contribution in [3.63, 3.8) is 0 Å². The largest absolute Gasteiger partial charge is 0.416 e. The van der Waals surface area contributed by atoms with Gasteiger partial charge in [-0.1, -0.05) is 18.2 Å². The summed E-state index contributed by atoms with van der Waals surface area (Å²) in [5.41, 5.74) is -0.124. The van der Waals surface area contributed by atoms with Crippen LogP contribution in [-0.2, 0) is 12.7 Å². The van der Waals surface area contributed by atoms with Crippen LogP contribution in [0.25, 0.3) is 0 Å². The molecule has 0 spiro atoms. The van der Waals surface area contributed by atoms with E-state index >= 15 is 0 Å². The average Bonchev–Trinajstić information content (AvgIpc) is 2.57. The highest BCUT2D eigenvalue weighted by Gasteiger charge is 2.29. The standard InChI is InChI=1S/C16H17F3N4O/c17-16(18,19)13-6-4-12(5-7-13)11-23-15(24)22-10-9-21-14-3-1-2-8-20-14/h1-8H,9-11H2,(H,20,21)(H2,22,23,24). The summed E-state index contributed by atoms with van der Waals surface area (Å²) in [7, 11) is 0. The van der Waals surface area contributed by atoms with Crippen LogP contribution in [0, 0.1) is 0 Å². The van der Waals surface area contributed by atoms with Gasteiger partial charge in [-0.05, 0) is 29.8 Å². The third-order valence-electron chi connectivity index (χ3n) is 3.12. The molecule has 2 amide bonds. The molecule has 24 heavy (non-hydrogen) atoms. The van der Waals surface area contributed by atoms with E-state index in [2.05, 4.69) is 20.9 Å². The quantitative estimate of drug-likeness (QED) is 0.710. The van der Waals surface area contributed by atoms with Gasteiger partial charge < -0.3 is 16.0 Å². The van der Waals surface area contributed by atoms with Gasteiger partial charge in [-0.15, -0.1) is 0 Å². The first-order chi connectivity index (χ1) is 11.4. The predicted octanol–water partition coefficient (Wildman–Crippen LogP) is 3.01. The third kappa shape index (κ3) is 5.79. The molecule has 0 aliphatic rings. The highest BCUT2D eigenvalue weighted by molar-refractivity contribution is 5.73. The normalized spacial score (nSPS) is 11.0. The zero-order chi connectivity index (χ0) is 17.4. The molecule has 1 aromatic carbocycles. The Hall–Kier alpha value is -2.77. The Morgan fingerprint density at radius 3 is 2.38 bits per heavy atom. The number of carbonyl (C=O) groups excluding carboxylic acids is 1. The number of benzene rings is 1. The molecular weight excluding hydrogens is 321 g/mol. The summed E-state index contributed by atoms with van der Waals surface area (Å²) in [4.78, 5) is 15.7. The number of halogens is 3. The lowest BCUT2D eigenvalue weighted by Crippen LogP contribution is -2.37. The highest BCUT2D eigenvalue weighted by atomic mass is 19.4. The number of hydrogen-bond acceptors (Lipinski definition) is 3. The lowest BCUT2D eigenvalue weighted by atomic mass is 10.1. The molecule has 0 radical (unpaired) electrons. The van der Waals surface area contributed by atoms with Gasteiger partial charge in [0, 0.05) is 25.8 Å². The highest BCUT2D eigenvalue weighted by Crippen LogP contribution is 2.28. The first-order valence-electron chi connectivity index (χ1n) is 7.28. The van der Waals surface area contributed by atoms with Crippen molar-refractivity contribution in [3.05, 3.63) is 59.8 Å². The van der Waals surface area contributed by atoms with Gasteiger partial charge >= 0.3 is 12.2 Å². The van der Waals surface area contributed by atoms with Crippen molar-refractivity contribution in [2.24, 2.45) is 0 Å². The second kappa shape index (κ2) is 8.19. The lowest BCUT2D eigenvalue weighted by Gasteiger charge is -2.10. The van der Waals surface area contributed by atoms with Gasteiger partial charge in [0.1, 0.15) is 5.82 Å². The third-order valence-corrected chi connectivity index (χ3v) is 3.12. The Morgan fingerprint density at radius 1 is 1.00 bits per heavy atom. The Balaban J connectivity index is 1.66. The van der Waals surface area contributed by atoms with E-state index in [-0.39, 0.29) is 6.54 Å². The van der Waals surface area contributed by atoms with Crippen LogP contribution in [-0.4, -0.2) is 24.1 Å². The van der Waals surface area contributed by atoms with Gasteiger partial charge in [0.25, 0.3) is 0 Å². The summed E-state index contributed by atoms with van der Waals surface area (Å²) in [5, 5.41) is 8.25. The molecule has 3 N–H and O–H groups in total. The van der Waals surface area contributed by atoms with Gasteiger partial charge in [-0.25, -0.2) is 9.78 Å². The second-order valence-corrected chi connectivity index (χ2v) is 4.95. The number of anilines is 1. The van der Waals surface area contributed by atoms with Crippen molar-refractivity contribution in [1.82, 2.24) is 15.6 Å². The van der Waals surface area contributed by atoms with E-state index in [1.54, 1.807) is 12.3 Å². The lowest BCUT2D eigenvalue weighted by molar-refractivity contribution is -0.137. The number of aromatic nitrogens is 1. The SMILES string of the molecule is O=C(NCCNc1ccccn1)NCc1ccc(C(F)(F)F)cc1. The van der Waals surface area contributed by atoms with Gasteiger partial charge in [0.15, 0.2) is 0 Å². The number of rotatable bonds is 6. The van der Waals surface area contributed by atoms with Crippen LogP contribution in [0.2, 0.25) is 0 Å². The minimum absolute atomic E-state index is 0.150. The number of alkyl halides is 3. The molecule has 0 bridgehead atoms. The number of amides is 2. The van der Waals surface area contributed by atoms with Gasteiger partial charge in [-0.3, -0.25) is 0 Å². The van der Waals surface area contributed by atoms with Crippen LogP contribution >= 0.6 is 0 Å². The van der Waals surface area contributed by atoms with Crippen molar-refractivity contribution in [1.29, 1.82) is 0 Å². The number of nitrogens with one attached hydrogen (secondary N) is 3. The fourth-order valence-electron chi connectivity index (χ4n) is 1.89. The Kier molecular flexibility index (Phi) is 6.00. The molecule has 0 aliphatic carbocycles. The van der Waals surface area contributed by atoms with Crippen LogP contribution in [0.3, 0.4) is 0 Å². The van der Waals surface area contributed by atoms with Crippen LogP contribution < -0.4 is 16.0 Å². The molecule has 2 aromatic rings. The number of urea groups is 1. The Labute approximate surface area is 137 Å². The van der Waals surface area contributed by atoms with E-state index in [4.69, 9.17) is 0 Å². The molecular formula is C16H17F3N4O. The van der Waals surface area contributed by atoms with Crippen molar-refractivity contribution >= 4 is 11.8 Å². The van der Waals surface area contributed by atoms with Crippen molar-refractivity contribution in [2.75, 3.05) is 18.4 Å². The van der Waals surface area contributed by atoms with Crippen LogP contribution in [0.15, 0.2) is 48.7 Å². The zero-order valence-corrected chi connectivity index (χ0v) is 12.7. The maximum absolute atomic E-state index is 12.4. The molecule has 1 heterocycles. The fourth-order valence-corrected chi connectivity index (χ4v) is 1.89. The molecule has 0 aliphatic heterocycles. The maximum Gasteiger partial charge on any atom is 0.416 e. The maximum atomic E-state index is 12.4. The van der Waals surface area contributed by atoms with E-state index in [9.17, 15) is 18.0 Å². The summed E-state index contributed by atoms with van der Waals surface area (Å²) in [5.74, 6) is 0.712. The fraction of sp³-hybridized carbons (Fsp3) is 0.250. The summed E-state index contributed by atoms with van der Waals surface area (Å²) < 4.78 is 37.3. The van der Waals surface area contributed by atoms with E-state index in [0.29, 0.717) is 24.5 Å². The number of pyridine rings is 1. The minimum Gasteiger partial charge on any atom is -0.368 e. The molecule has 128 valence electrons. The molecule has 0 saturated heterocycles. The molecule has 8 heteroatoms. The van der Waals surface area contributed by atoms with Gasteiger partial charge in [-0.2, -0.15) is 13.2 Å². The van der Waals surface area contributed by atoms with Crippen molar-refractivity contribution < 1.29 is 18.0 Å². The smallest absolute Gasteiger partial charge is 0.368 e. The predicted molar refractivity (Wildman–Crippen MR) is 84.4 cm³/mol. The Morgan fingerprint density at radius 2 is 1.75 bits per heavy atom. The van der Waals surface area contributed by atoms with Gasteiger partial charge in [0.2, 0.25) is 0 Å². The molecule has 2 rings (SSSR count). The van der Waals surface area contributed by atoms with E-state index < -0.39 is 17.8 Å². The molecule has 0 saturated carbocycles. The van der Waals surface area contributed by atoms with E-state index in [1.807, 2.05) is 12.1 Å². The molecule has 0 fully saturated rings.